The van der Waals surface area contributed by atoms with Crippen LogP contribution in [0.3, 0.4) is 0 Å². The molecule has 0 aliphatic rings. The number of anilines is 2. The summed E-state index contributed by atoms with van der Waals surface area (Å²) in [6, 6.07) is 3.76. The van der Waals surface area contributed by atoms with Crippen molar-refractivity contribution in [1.29, 1.82) is 0 Å². The van der Waals surface area contributed by atoms with Gasteiger partial charge in [-0.3, -0.25) is 0 Å². The highest BCUT2D eigenvalue weighted by molar-refractivity contribution is 5.58. The van der Waals surface area contributed by atoms with Crippen molar-refractivity contribution in [2.45, 2.75) is 26.3 Å². The normalized spacial score (nSPS) is 10.7. The Kier molecular flexibility index (Phi) is 3.78. The van der Waals surface area contributed by atoms with Crippen LogP contribution in [0, 0.1) is 0 Å². The monoisotopic (exact) mass is 247 g/mol. The number of hydrazine groups is 1. The zero-order valence-electron chi connectivity index (χ0n) is 10.5. The fraction of sp³-hybridized carbons (Fsp3) is 0.333. The minimum Gasteiger partial charge on any atom is -0.467 e. The summed E-state index contributed by atoms with van der Waals surface area (Å²) in [5.74, 6) is 7.98. The van der Waals surface area contributed by atoms with E-state index in [1.54, 1.807) is 6.26 Å². The maximum atomic E-state index is 5.46. The van der Waals surface area contributed by atoms with E-state index >= 15 is 0 Å². The molecule has 0 saturated carbocycles. The van der Waals surface area contributed by atoms with Crippen molar-refractivity contribution in [3.05, 3.63) is 36.0 Å². The van der Waals surface area contributed by atoms with Crippen molar-refractivity contribution >= 4 is 11.6 Å². The number of furan rings is 1. The second kappa shape index (κ2) is 5.50. The van der Waals surface area contributed by atoms with Gasteiger partial charge in [-0.2, -0.15) is 0 Å². The van der Waals surface area contributed by atoms with Crippen LogP contribution in [0.4, 0.5) is 11.6 Å². The molecular weight excluding hydrogens is 230 g/mol. The fourth-order valence-corrected chi connectivity index (χ4v) is 1.78. The Balaban J connectivity index is 2.21. The van der Waals surface area contributed by atoms with Crippen LogP contribution in [-0.4, -0.2) is 9.97 Å². The van der Waals surface area contributed by atoms with Gasteiger partial charge in [-0.1, -0.05) is 13.8 Å². The second-order valence-corrected chi connectivity index (χ2v) is 4.22. The Bertz CT molecular complexity index is 495. The van der Waals surface area contributed by atoms with Gasteiger partial charge in [0.1, 0.15) is 23.7 Å². The topological polar surface area (TPSA) is 89.0 Å². The van der Waals surface area contributed by atoms with Gasteiger partial charge < -0.3 is 15.2 Å². The molecule has 6 heteroatoms. The molecule has 2 rings (SSSR count). The van der Waals surface area contributed by atoms with E-state index in [0.29, 0.717) is 12.4 Å². The molecule has 0 amide bonds. The number of nitrogens with one attached hydrogen (secondary N) is 2. The van der Waals surface area contributed by atoms with Crippen molar-refractivity contribution in [2.75, 3.05) is 10.7 Å². The molecule has 0 unspecified atom stereocenters. The minimum absolute atomic E-state index is 0.261. The van der Waals surface area contributed by atoms with Crippen LogP contribution in [0.5, 0.6) is 0 Å². The third-order valence-electron chi connectivity index (χ3n) is 2.61. The van der Waals surface area contributed by atoms with Crippen LogP contribution in [-0.2, 0) is 6.54 Å². The second-order valence-electron chi connectivity index (χ2n) is 4.22. The number of nitrogens with two attached hydrogens (primary N) is 1. The number of hydrogen-bond donors (Lipinski definition) is 3. The molecule has 0 saturated heterocycles. The molecule has 0 radical (unpaired) electrons. The van der Waals surface area contributed by atoms with Gasteiger partial charge in [-0.15, -0.1) is 0 Å². The average Bonchev–Trinajstić information content (AvgIpc) is 2.88. The maximum absolute atomic E-state index is 5.46. The van der Waals surface area contributed by atoms with Gasteiger partial charge in [0.05, 0.1) is 12.8 Å². The van der Waals surface area contributed by atoms with Crippen molar-refractivity contribution in [3.63, 3.8) is 0 Å². The number of hydrogen-bond acceptors (Lipinski definition) is 6. The first kappa shape index (κ1) is 12.4. The van der Waals surface area contributed by atoms with E-state index in [4.69, 9.17) is 10.3 Å². The lowest BCUT2D eigenvalue weighted by molar-refractivity contribution is 0.517. The fourth-order valence-electron chi connectivity index (χ4n) is 1.78. The summed E-state index contributed by atoms with van der Waals surface area (Å²) in [5, 5.41) is 3.23. The quantitative estimate of drug-likeness (QED) is 0.554. The highest BCUT2D eigenvalue weighted by Crippen LogP contribution is 2.27. The van der Waals surface area contributed by atoms with Crippen molar-refractivity contribution < 1.29 is 4.42 Å². The van der Waals surface area contributed by atoms with Gasteiger partial charge in [0.15, 0.2) is 0 Å². The lowest BCUT2D eigenvalue weighted by Gasteiger charge is -2.15. The van der Waals surface area contributed by atoms with Gasteiger partial charge in [-0.25, -0.2) is 15.8 Å². The van der Waals surface area contributed by atoms with Crippen molar-refractivity contribution in [2.24, 2.45) is 5.84 Å². The first-order chi connectivity index (χ1) is 8.72. The summed E-state index contributed by atoms with van der Waals surface area (Å²) in [5.41, 5.74) is 3.56. The largest absolute Gasteiger partial charge is 0.467 e. The van der Waals surface area contributed by atoms with E-state index < -0.39 is 0 Å². The zero-order chi connectivity index (χ0) is 13.0. The van der Waals surface area contributed by atoms with Gasteiger partial charge in [0.2, 0.25) is 0 Å². The number of rotatable bonds is 5. The highest BCUT2D eigenvalue weighted by atomic mass is 16.3. The third-order valence-corrected chi connectivity index (χ3v) is 2.61. The predicted molar refractivity (Wildman–Crippen MR) is 70.0 cm³/mol. The molecule has 6 nitrogen and oxygen atoms in total. The van der Waals surface area contributed by atoms with Gasteiger partial charge >= 0.3 is 0 Å². The molecule has 0 aliphatic heterocycles. The lowest BCUT2D eigenvalue weighted by Crippen LogP contribution is -2.15. The van der Waals surface area contributed by atoms with E-state index in [1.807, 2.05) is 12.1 Å². The van der Waals surface area contributed by atoms with Gasteiger partial charge in [-0.05, 0) is 18.1 Å². The average molecular weight is 247 g/mol. The molecule has 0 spiro atoms. The third kappa shape index (κ3) is 2.60. The Morgan fingerprint density at radius 3 is 2.72 bits per heavy atom. The Morgan fingerprint density at radius 1 is 1.33 bits per heavy atom. The summed E-state index contributed by atoms with van der Waals surface area (Å²) in [4.78, 5) is 8.36. The first-order valence-electron chi connectivity index (χ1n) is 5.80. The molecule has 0 aromatic carbocycles. The number of aromatic nitrogens is 2. The van der Waals surface area contributed by atoms with E-state index in [2.05, 4.69) is 34.6 Å². The van der Waals surface area contributed by atoms with Crippen LogP contribution in [0.25, 0.3) is 0 Å². The molecule has 2 aromatic rings. The minimum atomic E-state index is 0.261. The van der Waals surface area contributed by atoms with Crippen molar-refractivity contribution in [3.8, 4) is 0 Å². The predicted octanol–water partition coefficient (Wildman–Crippen LogP) is 2.09. The van der Waals surface area contributed by atoms with Crippen LogP contribution in [0.1, 0.15) is 31.1 Å². The summed E-state index contributed by atoms with van der Waals surface area (Å²) < 4.78 is 5.27. The van der Waals surface area contributed by atoms with E-state index in [-0.39, 0.29) is 5.92 Å². The molecule has 0 aliphatic carbocycles. The Labute approximate surface area is 106 Å². The molecule has 96 valence electrons. The van der Waals surface area contributed by atoms with Crippen LogP contribution < -0.4 is 16.6 Å². The molecule has 18 heavy (non-hydrogen) atoms. The van der Waals surface area contributed by atoms with Crippen LogP contribution in [0.15, 0.2) is 29.1 Å². The van der Waals surface area contributed by atoms with E-state index in [9.17, 15) is 0 Å². The van der Waals surface area contributed by atoms with Crippen LogP contribution in [0.2, 0.25) is 0 Å². The first-order valence-corrected chi connectivity index (χ1v) is 5.80. The van der Waals surface area contributed by atoms with E-state index in [0.717, 1.165) is 17.1 Å². The highest BCUT2D eigenvalue weighted by Gasteiger charge is 2.14. The lowest BCUT2D eigenvalue weighted by atomic mass is 10.0. The zero-order valence-corrected chi connectivity index (χ0v) is 10.5. The summed E-state index contributed by atoms with van der Waals surface area (Å²) in [6.45, 7) is 4.71. The number of nitrogen functional groups attached to an aromatic ring is 1. The van der Waals surface area contributed by atoms with Crippen molar-refractivity contribution in [1.82, 2.24) is 9.97 Å². The van der Waals surface area contributed by atoms with Crippen LogP contribution >= 0.6 is 0 Å². The molecule has 0 fully saturated rings. The smallest absolute Gasteiger partial charge is 0.148 e. The SMILES string of the molecule is CC(C)c1c(NN)ncnc1NCc1ccco1. The molecule has 0 atom stereocenters. The molecular formula is C12H17N5O. The van der Waals surface area contributed by atoms with E-state index in [1.165, 1.54) is 6.33 Å². The molecule has 4 N–H and O–H groups in total. The molecule has 0 bridgehead atoms. The standard InChI is InChI=1S/C12H17N5O/c1-8(2)10-11(15-7-16-12(10)17-13)14-6-9-4-3-5-18-9/h3-5,7-8H,6,13H2,1-2H3,(H2,14,15,16,17). The Hall–Kier alpha value is -2.08. The summed E-state index contributed by atoms with van der Waals surface area (Å²) in [6.07, 6.45) is 3.12. The maximum Gasteiger partial charge on any atom is 0.148 e. The number of nitrogens with zero attached hydrogens (tertiary/aromatic N) is 2. The van der Waals surface area contributed by atoms with Gasteiger partial charge in [0, 0.05) is 5.56 Å². The summed E-state index contributed by atoms with van der Waals surface area (Å²) in [7, 11) is 0. The summed E-state index contributed by atoms with van der Waals surface area (Å²) >= 11 is 0. The molecule has 2 aromatic heterocycles. The van der Waals surface area contributed by atoms with Gasteiger partial charge in [0.25, 0.3) is 0 Å². The molecule has 2 heterocycles. The Morgan fingerprint density at radius 2 is 2.11 bits per heavy atom.